The van der Waals surface area contributed by atoms with Gasteiger partial charge < -0.3 is 10.6 Å². The van der Waals surface area contributed by atoms with Crippen molar-refractivity contribution in [3.05, 3.63) is 58.6 Å². The molecule has 1 fully saturated rings. The number of rotatable bonds is 4. The van der Waals surface area contributed by atoms with Gasteiger partial charge in [-0.2, -0.15) is 0 Å². The SMILES string of the molecule is O=C(NC(=S)Nc1cccc(NC(=O)C2CCCCC2)c1)c1ccccc1Br. The fourth-order valence-corrected chi connectivity index (χ4v) is 3.94. The van der Waals surface area contributed by atoms with E-state index in [2.05, 4.69) is 31.9 Å². The summed E-state index contributed by atoms with van der Waals surface area (Å²) in [5.41, 5.74) is 1.90. The first-order chi connectivity index (χ1) is 13.5. The molecule has 2 aromatic carbocycles. The van der Waals surface area contributed by atoms with Crippen molar-refractivity contribution in [2.24, 2.45) is 5.92 Å². The number of anilines is 2. The predicted octanol–water partition coefficient (Wildman–Crippen LogP) is 5.09. The van der Waals surface area contributed by atoms with E-state index in [1.807, 2.05) is 24.3 Å². The highest BCUT2D eigenvalue weighted by atomic mass is 79.9. The summed E-state index contributed by atoms with van der Waals surface area (Å²) in [5.74, 6) is -0.136. The first kappa shape index (κ1) is 20.5. The highest BCUT2D eigenvalue weighted by Gasteiger charge is 2.21. The van der Waals surface area contributed by atoms with Crippen LogP contribution in [-0.4, -0.2) is 16.9 Å². The molecule has 1 aliphatic carbocycles. The quantitative estimate of drug-likeness (QED) is 0.556. The van der Waals surface area contributed by atoms with E-state index in [-0.39, 0.29) is 22.8 Å². The Balaban J connectivity index is 1.57. The van der Waals surface area contributed by atoms with Gasteiger partial charge in [-0.3, -0.25) is 14.9 Å². The number of nitrogens with one attached hydrogen (secondary N) is 3. The van der Waals surface area contributed by atoms with E-state index in [0.717, 1.165) is 25.7 Å². The summed E-state index contributed by atoms with van der Waals surface area (Å²) in [6.07, 6.45) is 5.35. The average molecular weight is 460 g/mol. The Labute approximate surface area is 178 Å². The Morgan fingerprint density at radius 3 is 2.32 bits per heavy atom. The maximum absolute atomic E-state index is 12.4. The molecular formula is C21H22BrN3O2S. The van der Waals surface area contributed by atoms with Crippen LogP contribution in [0.5, 0.6) is 0 Å². The van der Waals surface area contributed by atoms with Crippen molar-refractivity contribution in [2.45, 2.75) is 32.1 Å². The fourth-order valence-electron chi connectivity index (χ4n) is 3.26. The lowest BCUT2D eigenvalue weighted by molar-refractivity contribution is -0.120. The minimum absolute atomic E-state index is 0.0710. The van der Waals surface area contributed by atoms with E-state index in [1.165, 1.54) is 6.42 Å². The number of hydrogen-bond acceptors (Lipinski definition) is 3. The maximum Gasteiger partial charge on any atom is 0.258 e. The second-order valence-corrected chi connectivity index (χ2v) is 8.06. The van der Waals surface area contributed by atoms with E-state index in [9.17, 15) is 9.59 Å². The Kier molecular flexibility index (Phi) is 7.17. The van der Waals surface area contributed by atoms with E-state index >= 15 is 0 Å². The zero-order valence-electron chi connectivity index (χ0n) is 15.3. The zero-order chi connectivity index (χ0) is 19.9. The van der Waals surface area contributed by atoms with Crippen LogP contribution in [0.15, 0.2) is 53.0 Å². The maximum atomic E-state index is 12.4. The lowest BCUT2D eigenvalue weighted by Crippen LogP contribution is -2.34. The number of carbonyl (C=O) groups excluding carboxylic acids is 2. The van der Waals surface area contributed by atoms with Crippen molar-refractivity contribution in [1.29, 1.82) is 0 Å². The van der Waals surface area contributed by atoms with E-state index in [4.69, 9.17) is 12.2 Å². The molecule has 7 heteroatoms. The monoisotopic (exact) mass is 459 g/mol. The van der Waals surface area contributed by atoms with Crippen LogP contribution in [0.3, 0.4) is 0 Å². The number of thiocarbonyl (C=S) groups is 1. The van der Waals surface area contributed by atoms with Crippen molar-refractivity contribution < 1.29 is 9.59 Å². The van der Waals surface area contributed by atoms with Crippen LogP contribution < -0.4 is 16.0 Å². The van der Waals surface area contributed by atoms with Crippen molar-refractivity contribution in [3.63, 3.8) is 0 Å². The van der Waals surface area contributed by atoms with Crippen molar-refractivity contribution in [2.75, 3.05) is 10.6 Å². The molecule has 0 saturated heterocycles. The Morgan fingerprint density at radius 1 is 0.929 bits per heavy atom. The first-order valence-electron chi connectivity index (χ1n) is 9.31. The van der Waals surface area contributed by atoms with Crippen LogP contribution in [-0.2, 0) is 4.79 Å². The third-order valence-electron chi connectivity index (χ3n) is 4.71. The number of halogens is 1. The van der Waals surface area contributed by atoms with Gasteiger partial charge >= 0.3 is 0 Å². The molecule has 0 bridgehead atoms. The van der Waals surface area contributed by atoms with Gasteiger partial charge in [0, 0.05) is 21.8 Å². The molecule has 146 valence electrons. The van der Waals surface area contributed by atoms with Gasteiger partial charge in [-0.05, 0) is 71.3 Å². The summed E-state index contributed by atoms with van der Waals surface area (Å²) in [7, 11) is 0. The molecule has 1 saturated carbocycles. The van der Waals surface area contributed by atoms with Crippen LogP contribution in [0.1, 0.15) is 42.5 Å². The number of amides is 2. The van der Waals surface area contributed by atoms with Crippen LogP contribution in [0, 0.1) is 5.92 Å². The molecule has 0 aliphatic heterocycles. The lowest BCUT2D eigenvalue weighted by atomic mass is 9.88. The zero-order valence-corrected chi connectivity index (χ0v) is 17.7. The third kappa shape index (κ3) is 5.62. The highest BCUT2D eigenvalue weighted by Crippen LogP contribution is 2.25. The van der Waals surface area contributed by atoms with E-state index in [0.29, 0.717) is 21.4 Å². The molecule has 3 rings (SSSR count). The summed E-state index contributed by atoms with van der Waals surface area (Å²) in [4.78, 5) is 24.7. The normalized spacial score (nSPS) is 14.2. The molecule has 0 spiro atoms. The molecule has 0 unspecified atom stereocenters. The smallest absolute Gasteiger partial charge is 0.258 e. The number of benzene rings is 2. The van der Waals surface area contributed by atoms with Crippen molar-refractivity contribution >= 4 is 56.4 Å². The molecule has 2 amide bonds. The molecule has 0 radical (unpaired) electrons. The van der Waals surface area contributed by atoms with Crippen LogP contribution in [0.2, 0.25) is 0 Å². The van der Waals surface area contributed by atoms with Gasteiger partial charge in [0.25, 0.3) is 5.91 Å². The minimum Gasteiger partial charge on any atom is -0.332 e. The van der Waals surface area contributed by atoms with Gasteiger partial charge in [0.2, 0.25) is 5.91 Å². The fraction of sp³-hybridized carbons (Fsp3) is 0.286. The van der Waals surface area contributed by atoms with Gasteiger partial charge in [0.1, 0.15) is 0 Å². The molecule has 0 heterocycles. The highest BCUT2D eigenvalue weighted by molar-refractivity contribution is 9.10. The third-order valence-corrected chi connectivity index (χ3v) is 5.61. The molecule has 2 aromatic rings. The molecule has 3 N–H and O–H groups in total. The van der Waals surface area contributed by atoms with Gasteiger partial charge in [-0.1, -0.05) is 37.5 Å². The van der Waals surface area contributed by atoms with Crippen molar-refractivity contribution in [3.8, 4) is 0 Å². The van der Waals surface area contributed by atoms with Crippen LogP contribution in [0.4, 0.5) is 11.4 Å². The first-order valence-corrected chi connectivity index (χ1v) is 10.5. The largest absolute Gasteiger partial charge is 0.332 e. The number of hydrogen-bond donors (Lipinski definition) is 3. The summed E-state index contributed by atoms with van der Waals surface area (Å²) < 4.78 is 0.697. The Bertz CT molecular complexity index is 881. The summed E-state index contributed by atoms with van der Waals surface area (Å²) in [5, 5.41) is 8.82. The number of carbonyl (C=O) groups is 2. The van der Waals surface area contributed by atoms with Gasteiger partial charge in [0.15, 0.2) is 5.11 Å². The second-order valence-electron chi connectivity index (χ2n) is 6.79. The van der Waals surface area contributed by atoms with E-state index in [1.54, 1.807) is 24.3 Å². The van der Waals surface area contributed by atoms with Gasteiger partial charge in [0.05, 0.1) is 5.56 Å². The Morgan fingerprint density at radius 2 is 1.61 bits per heavy atom. The van der Waals surface area contributed by atoms with Crippen LogP contribution in [0.25, 0.3) is 0 Å². The summed E-state index contributed by atoms with van der Waals surface area (Å²) >= 11 is 8.60. The van der Waals surface area contributed by atoms with Crippen molar-refractivity contribution in [1.82, 2.24) is 5.32 Å². The topological polar surface area (TPSA) is 70.2 Å². The second kappa shape index (κ2) is 9.80. The van der Waals surface area contributed by atoms with Gasteiger partial charge in [-0.15, -0.1) is 0 Å². The van der Waals surface area contributed by atoms with Crippen LogP contribution >= 0.6 is 28.1 Å². The van der Waals surface area contributed by atoms with E-state index < -0.39 is 0 Å². The molecule has 0 atom stereocenters. The predicted molar refractivity (Wildman–Crippen MR) is 119 cm³/mol. The lowest BCUT2D eigenvalue weighted by Gasteiger charge is -2.21. The minimum atomic E-state index is -0.299. The summed E-state index contributed by atoms with van der Waals surface area (Å²) in [6.45, 7) is 0. The molecule has 5 nitrogen and oxygen atoms in total. The van der Waals surface area contributed by atoms with Gasteiger partial charge in [-0.25, -0.2) is 0 Å². The molecular weight excluding hydrogens is 438 g/mol. The summed E-state index contributed by atoms with van der Waals surface area (Å²) in [6, 6.07) is 14.4. The molecule has 0 aromatic heterocycles. The standard InChI is InChI=1S/C21H22BrN3O2S/c22-18-12-5-4-11-17(18)20(27)25-21(28)24-16-10-6-9-15(13-16)23-19(26)14-7-2-1-3-8-14/h4-6,9-14H,1-3,7-8H2,(H,23,26)(H2,24,25,27,28). The Hall–Kier alpha value is -2.25. The molecule has 1 aliphatic rings. The average Bonchev–Trinajstić information content (AvgIpc) is 2.69. The molecule has 28 heavy (non-hydrogen) atoms.